The van der Waals surface area contributed by atoms with Gasteiger partial charge in [-0.15, -0.1) is 0 Å². The first-order valence-electron chi connectivity index (χ1n) is 7.28. The Morgan fingerprint density at radius 1 is 1.29 bits per heavy atom. The van der Waals surface area contributed by atoms with E-state index < -0.39 is 5.97 Å². The first-order valence-corrected chi connectivity index (χ1v) is 7.28. The maximum absolute atomic E-state index is 12.8. The zero-order valence-electron chi connectivity index (χ0n) is 12.6. The topological polar surface area (TPSA) is 60.9 Å². The van der Waals surface area contributed by atoms with Gasteiger partial charge in [0, 0.05) is 24.3 Å². The molecule has 1 aromatic rings. The molecule has 0 saturated carbocycles. The van der Waals surface area contributed by atoms with Gasteiger partial charge < -0.3 is 10.0 Å². The van der Waals surface area contributed by atoms with Crippen LogP contribution in [0, 0.1) is 0 Å². The van der Waals surface area contributed by atoms with Crippen molar-refractivity contribution in [2.24, 2.45) is 0 Å². The summed E-state index contributed by atoms with van der Waals surface area (Å²) in [5.74, 6) is -0.899. The molecule has 2 amide bonds. The summed E-state index contributed by atoms with van der Waals surface area (Å²) < 4.78 is 0. The van der Waals surface area contributed by atoms with E-state index in [0.29, 0.717) is 0 Å². The molecule has 0 unspecified atom stereocenters. The second-order valence-electron chi connectivity index (χ2n) is 5.98. The number of hydrogen-bond acceptors (Lipinski definition) is 2. The molecule has 114 valence electrons. The highest BCUT2D eigenvalue weighted by molar-refractivity contribution is 5.93. The molecule has 21 heavy (non-hydrogen) atoms. The van der Waals surface area contributed by atoms with E-state index in [1.165, 1.54) is 0 Å². The van der Waals surface area contributed by atoms with Gasteiger partial charge in [0.2, 0.25) is 0 Å². The molecule has 0 radical (unpaired) electrons. The van der Waals surface area contributed by atoms with E-state index in [1.807, 2.05) is 35.2 Å². The number of para-hydroxylation sites is 1. The minimum atomic E-state index is -0.899. The third kappa shape index (κ3) is 3.54. The average molecular weight is 290 g/mol. The van der Waals surface area contributed by atoms with Gasteiger partial charge in [-0.3, -0.25) is 9.69 Å². The van der Waals surface area contributed by atoms with Crippen LogP contribution in [0.3, 0.4) is 0 Å². The summed E-state index contributed by atoms with van der Waals surface area (Å²) in [4.78, 5) is 27.1. The van der Waals surface area contributed by atoms with Crippen molar-refractivity contribution < 1.29 is 14.7 Å². The number of rotatable bonds is 4. The van der Waals surface area contributed by atoms with Crippen LogP contribution in [0.1, 0.15) is 33.1 Å². The number of likely N-dealkylation sites (tertiary alicyclic amines) is 1. The van der Waals surface area contributed by atoms with Crippen molar-refractivity contribution in [2.45, 2.75) is 38.6 Å². The summed E-state index contributed by atoms with van der Waals surface area (Å²) in [7, 11) is 0. The van der Waals surface area contributed by atoms with Gasteiger partial charge in [0.1, 0.15) is 0 Å². The van der Waals surface area contributed by atoms with Crippen LogP contribution in [0.15, 0.2) is 30.3 Å². The lowest BCUT2D eigenvalue weighted by atomic mass is 10.0. The molecule has 5 heteroatoms. The quantitative estimate of drug-likeness (QED) is 0.927. The van der Waals surface area contributed by atoms with Gasteiger partial charge in [-0.05, 0) is 38.8 Å². The number of hydrogen-bond donors (Lipinski definition) is 1. The molecule has 0 atom stereocenters. The Hall–Kier alpha value is -2.04. The van der Waals surface area contributed by atoms with Crippen LogP contribution in [0.2, 0.25) is 0 Å². The summed E-state index contributed by atoms with van der Waals surface area (Å²) in [6.45, 7) is 5.02. The highest BCUT2D eigenvalue weighted by Gasteiger charge is 2.37. The van der Waals surface area contributed by atoms with Crippen LogP contribution in [0.25, 0.3) is 0 Å². The van der Waals surface area contributed by atoms with Gasteiger partial charge in [-0.25, -0.2) is 4.79 Å². The summed E-state index contributed by atoms with van der Waals surface area (Å²) in [6, 6.07) is 9.15. The molecule has 1 aliphatic rings. The average Bonchev–Trinajstić information content (AvgIpc) is 2.79. The molecule has 5 nitrogen and oxygen atoms in total. The number of carboxylic acid groups (broad SMARTS) is 1. The normalized spacial score (nSPS) is 16.8. The predicted octanol–water partition coefficient (Wildman–Crippen LogP) is 2.96. The molecular weight excluding hydrogens is 268 g/mol. The lowest BCUT2D eigenvalue weighted by molar-refractivity contribution is -0.136. The summed E-state index contributed by atoms with van der Waals surface area (Å²) in [5.41, 5.74) is 0.569. The minimum absolute atomic E-state index is 0.0606. The molecule has 1 saturated heterocycles. The number of aliphatic carboxylic acids is 1. The minimum Gasteiger partial charge on any atom is -0.481 e. The number of carboxylic acids is 1. The summed E-state index contributed by atoms with van der Waals surface area (Å²) in [5, 5.41) is 8.91. The highest BCUT2D eigenvalue weighted by atomic mass is 16.4. The SMILES string of the molecule is CC1(C)CCCN1C(=O)N(CCC(=O)O)c1ccccc1. The zero-order valence-corrected chi connectivity index (χ0v) is 12.6. The van der Waals surface area contributed by atoms with Crippen LogP contribution >= 0.6 is 0 Å². The van der Waals surface area contributed by atoms with E-state index in [0.717, 1.165) is 25.1 Å². The Labute approximate surface area is 125 Å². The number of amides is 2. The van der Waals surface area contributed by atoms with Crippen molar-refractivity contribution in [2.75, 3.05) is 18.0 Å². The molecule has 1 heterocycles. The molecule has 0 spiro atoms. The molecule has 1 fully saturated rings. The number of anilines is 1. The van der Waals surface area contributed by atoms with Crippen molar-refractivity contribution in [3.63, 3.8) is 0 Å². The Balaban J connectivity index is 2.22. The molecule has 1 aliphatic heterocycles. The molecule has 1 aromatic carbocycles. The van der Waals surface area contributed by atoms with Crippen molar-refractivity contribution in [3.8, 4) is 0 Å². The number of carbonyl (C=O) groups is 2. The molecule has 0 bridgehead atoms. The fourth-order valence-electron chi connectivity index (χ4n) is 2.76. The van der Waals surface area contributed by atoms with Crippen LogP contribution in [0.4, 0.5) is 10.5 Å². The summed E-state index contributed by atoms with van der Waals surface area (Å²) in [6.07, 6.45) is 1.90. The Morgan fingerprint density at radius 2 is 1.95 bits per heavy atom. The smallest absolute Gasteiger partial charge is 0.324 e. The zero-order chi connectivity index (χ0) is 15.5. The van der Waals surface area contributed by atoms with E-state index in [9.17, 15) is 9.59 Å². The Morgan fingerprint density at radius 3 is 2.48 bits per heavy atom. The number of nitrogens with zero attached hydrogens (tertiary/aromatic N) is 2. The number of benzene rings is 1. The second kappa shape index (κ2) is 6.16. The maximum Gasteiger partial charge on any atom is 0.324 e. The lowest BCUT2D eigenvalue weighted by Gasteiger charge is -2.36. The van der Waals surface area contributed by atoms with E-state index in [-0.39, 0.29) is 24.5 Å². The third-order valence-electron chi connectivity index (χ3n) is 3.98. The molecule has 2 rings (SSSR count). The van der Waals surface area contributed by atoms with E-state index in [1.54, 1.807) is 4.90 Å². The van der Waals surface area contributed by atoms with Crippen molar-refractivity contribution >= 4 is 17.7 Å². The maximum atomic E-state index is 12.8. The van der Waals surface area contributed by atoms with Crippen molar-refractivity contribution in [3.05, 3.63) is 30.3 Å². The monoisotopic (exact) mass is 290 g/mol. The fraction of sp³-hybridized carbons (Fsp3) is 0.500. The summed E-state index contributed by atoms with van der Waals surface area (Å²) >= 11 is 0. The standard InChI is InChI=1S/C16H22N2O3/c1-16(2)10-6-11-18(16)15(21)17(12-9-14(19)20)13-7-4-3-5-8-13/h3-5,7-8H,6,9-12H2,1-2H3,(H,19,20). The van der Waals surface area contributed by atoms with Gasteiger partial charge in [-0.1, -0.05) is 18.2 Å². The van der Waals surface area contributed by atoms with Gasteiger partial charge in [0.05, 0.1) is 6.42 Å². The number of urea groups is 1. The van der Waals surface area contributed by atoms with Gasteiger partial charge in [-0.2, -0.15) is 0 Å². The predicted molar refractivity (Wildman–Crippen MR) is 81.5 cm³/mol. The van der Waals surface area contributed by atoms with Gasteiger partial charge in [0.25, 0.3) is 0 Å². The fourth-order valence-corrected chi connectivity index (χ4v) is 2.76. The van der Waals surface area contributed by atoms with Crippen LogP contribution in [0.5, 0.6) is 0 Å². The molecular formula is C16H22N2O3. The van der Waals surface area contributed by atoms with E-state index >= 15 is 0 Å². The Kier molecular flexibility index (Phi) is 4.50. The van der Waals surface area contributed by atoms with Crippen LogP contribution in [-0.4, -0.2) is 40.6 Å². The largest absolute Gasteiger partial charge is 0.481 e. The first-order chi connectivity index (χ1) is 9.92. The Bertz CT molecular complexity index is 514. The highest BCUT2D eigenvalue weighted by Crippen LogP contribution is 2.30. The third-order valence-corrected chi connectivity index (χ3v) is 3.98. The molecule has 1 N–H and O–H groups in total. The van der Waals surface area contributed by atoms with Crippen molar-refractivity contribution in [1.82, 2.24) is 4.90 Å². The van der Waals surface area contributed by atoms with Gasteiger partial charge in [0.15, 0.2) is 0 Å². The van der Waals surface area contributed by atoms with Gasteiger partial charge >= 0.3 is 12.0 Å². The second-order valence-corrected chi connectivity index (χ2v) is 5.98. The lowest BCUT2D eigenvalue weighted by Crippen LogP contribution is -2.50. The molecule has 0 aliphatic carbocycles. The van der Waals surface area contributed by atoms with Crippen LogP contribution in [-0.2, 0) is 4.79 Å². The van der Waals surface area contributed by atoms with Crippen LogP contribution < -0.4 is 4.90 Å². The number of carbonyl (C=O) groups excluding carboxylic acids is 1. The van der Waals surface area contributed by atoms with E-state index in [2.05, 4.69) is 13.8 Å². The molecule has 0 aromatic heterocycles. The first kappa shape index (κ1) is 15.4. The van der Waals surface area contributed by atoms with E-state index in [4.69, 9.17) is 5.11 Å². The van der Waals surface area contributed by atoms with Crippen molar-refractivity contribution in [1.29, 1.82) is 0 Å².